The molecule has 3 rings (SSSR count). The van der Waals surface area contributed by atoms with Crippen LogP contribution in [-0.4, -0.2) is 42.3 Å². The molecule has 0 spiro atoms. The third-order valence-corrected chi connectivity index (χ3v) is 5.16. The summed E-state index contributed by atoms with van der Waals surface area (Å²) < 4.78 is 0. The van der Waals surface area contributed by atoms with Crippen LogP contribution in [0.1, 0.15) is 35.2 Å². The molecule has 6 heteroatoms. The minimum Gasteiger partial charge on any atom is -0.355 e. The molecule has 2 N–H and O–H groups in total. The molecule has 0 saturated carbocycles. The smallest absolute Gasteiger partial charge is 0.253 e. The van der Waals surface area contributed by atoms with E-state index in [9.17, 15) is 14.4 Å². The van der Waals surface area contributed by atoms with Gasteiger partial charge in [-0.25, -0.2) is 0 Å². The number of para-hydroxylation sites is 1. The Bertz CT molecular complexity index is 841. The van der Waals surface area contributed by atoms with E-state index in [1.165, 1.54) is 0 Å². The minimum absolute atomic E-state index is 0.0152. The summed E-state index contributed by atoms with van der Waals surface area (Å²) in [4.78, 5) is 38.7. The highest BCUT2D eigenvalue weighted by molar-refractivity contribution is 5.94. The van der Waals surface area contributed by atoms with Crippen molar-refractivity contribution in [1.29, 1.82) is 0 Å². The molecule has 1 aliphatic rings. The molecule has 152 valence electrons. The number of benzene rings is 2. The van der Waals surface area contributed by atoms with E-state index in [1.54, 1.807) is 0 Å². The number of likely N-dealkylation sites (tertiary alicyclic amines) is 1. The lowest BCUT2D eigenvalue weighted by Crippen LogP contribution is -2.43. The maximum absolute atomic E-state index is 12.6. The largest absolute Gasteiger partial charge is 0.355 e. The van der Waals surface area contributed by atoms with E-state index >= 15 is 0 Å². The van der Waals surface area contributed by atoms with E-state index in [2.05, 4.69) is 10.6 Å². The molecule has 0 aromatic heterocycles. The molecule has 2 aromatic rings. The molecule has 2 aromatic carbocycles. The lowest BCUT2D eigenvalue weighted by molar-refractivity contribution is -0.126. The fourth-order valence-electron chi connectivity index (χ4n) is 3.41. The molecular weight excluding hydrogens is 366 g/mol. The molecule has 0 bridgehead atoms. The summed E-state index contributed by atoms with van der Waals surface area (Å²) in [7, 11) is 0. The molecule has 0 radical (unpaired) electrons. The van der Waals surface area contributed by atoms with Gasteiger partial charge >= 0.3 is 0 Å². The highest BCUT2D eigenvalue weighted by Gasteiger charge is 2.27. The molecule has 3 amide bonds. The van der Waals surface area contributed by atoms with Gasteiger partial charge in [-0.15, -0.1) is 0 Å². The van der Waals surface area contributed by atoms with Gasteiger partial charge in [0.05, 0.1) is 0 Å². The van der Waals surface area contributed by atoms with E-state index in [-0.39, 0.29) is 30.1 Å². The number of anilines is 1. The SMILES string of the molecule is Cc1ccc(C(=O)N2CCC(C(=O)NCCC(=O)Nc3ccccc3)CC2)cc1. The van der Waals surface area contributed by atoms with Gasteiger partial charge in [-0.05, 0) is 44.0 Å². The van der Waals surface area contributed by atoms with Gasteiger partial charge in [-0.1, -0.05) is 35.9 Å². The van der Waals surface area contributed by atoms with Crippen LogP contribution < -0.4 is 10.6 Å². The van der Waals surface area contributed by atoms with Crippen LogP contribution in [0.25, 0.3) is 0 Å². The van der Waals surface area contributed by atoms with Gasteiger partial charge in [0.1, 0.15) is 0 Å². The van der Waals surface area contributed by atoms with Crippen LogP contribution in [0.2, 0.25) is 0 Å². The number of carbonyl (C=O) groups is 3. The second kappa shape index (κ2) is 9.87. The standard InChI is InChI=1S/C23H27N3O3/c1-17-7-9-19(10-8-17)23(29)26-15-12-18(13-16-26)22(28)24-14-11-21(27)25-20-5-3-2-4-6-20/h2-10,18H,11-16H2,1H3,(H,24,28)(H,25,27). The quantitative estimate of drug-likeness (QED) is 0.792. The molecule has 0 atom stereocenters. The number of rotatable bonds is 6. The summed E-state index contributed by atoms with van der Waals surface area (Å²) in [5, 5.41) is 5.65. The van der Waals surface area contributed by atoms with Crippen LogP contribution in [0.4, 0.5) is 5.69 Å². The molecule has 29 heavy (non-hydrogen) atoms. The van der Waals surface area contributed by atoms with Crippen molar-refractivity contribution >= 4 is 23.4 Å². The summed E-state index contributed by atoms with van der Waals surface area (Å²) in [6.07, 6.45) is 1.50. The predicted molar refractivity (Wildman–Crippen MR) is 113 cm³/mol. The van der Waals surface area contributed by atoms with Crippen molar-refractivity contribution in [2.45, 2.75) is 26.2 Å². The Morgan fingerprint density at radius 1 is 0.966 bits per heavy atom. The first-order chi connectivity index (χ1) is 14.0. The zero-order valence-electron chi connectivity index (χ0n) is 16.7. The fraction of sp³-hybridized carbons (Fsp3) is 0.348. The summed E-state index contributed by atoms with van der Waals surface area (Å²) in [6, 6.07) is 16.8. The summed E-state index contributed by atoms with van der Waals surface area (Å²) in [5.74, 6) is -0.273. The van der Waals surface area contributed by atoms with Crippen molar-refractivity contribution in [2.24, 2.45) is 5.92 Å². The van der Waals surface area contributed by atoms with Gasteiger partial charge in [0.25, 0.3) is 5.91 Å². The van der Waals surface area contributed by atoms with Gasteiger partial charge in [0.2, 0.25) is 11.8 Å². The van der Waals surface area contributed by atoms with Crippen molar-refractivity contribution in [3.8, 4) is 0 Å². The Morgan fingerprint density at radius 2 is 1.62 bits per heavy atom. The average molecular weight is 393 g/mol. The Hall–Kier alpha value is -3.15. The van der Waals surface area contributed by atoms with E-state index in [0.717, 1.165) is 11.3 Å². The highest BCUT2D eigenvalue weighted by Crippen LogP contribution is 2.19. The number of nitrogens with one attached hydrogen (secondary N) is 2. The maximum atomic E-state index is 12.6. The summed E-state index contributed by atoms with van der Waals surface area (Å²) in [5.41, 5.74) is 2.55. The van der Waals surface area contributed by atoms with Crippen molar-refractivity contribution in [1.82, 2.24) is 10.2 Å². The van der Waals surface area contributed by atoms with Gasteiger partial charge in [-0.3, -0.25) is 14.4 Å². The molecule has 0 aliphatic carbocycles. The second-order valence-electron chi connectivity index (χ2n) is 7.39. The molecule has 6 nitrogen and oxygen atoms in total. The number of piperidine rings is 1. The Kier molecular flexibility index (Phi) is 7.00. The number of nitrogens with zero attached hydrogens (tertiary/aromatic N) is 1. The fourth-order valence-corrected chi connectivity index (χ4v) is 3.41. The number of aryl methyl sites for hydroxylation is 1. The van der Waals surface area contributed by atoms with Crippen molar-refractivity contribution in [3.05, 3.63) is 65.7 Å². The van der Waals surface area contributed by atoms with E-state index < -0.39 is 0 Å². The number of carbonyl (C=O) groups excluding carboxylic acids is 3. The number of hydrogen-bond donors (Lipinski definition) is 2. The van der Waals surface area contributed by atoms with Crippen LogP contribution in [0.3, 0.4) is 0 Å². The normalized spacial score (nSPS) is 14.3. The van der Waals surface area contributed by atoms with E-state index in [4.69, 9.17) is 0 Å². The first kappa shape index (κ1) is 20.6. The molecular formula is C23H27N3O3. The first-order valence-corrected chi connectivity index (χ1v) is 10.0. The second-order valence-corrected chi connectivity index (χ2v) is 7.39. The van der Waals surface area contributed by atoms with Gasteiger partial charge in [-0.2, -0.15) is 0 Å². The topological polar surface area (TPSA) is 78.5 Å². The zero-order chi connectivity index (χ0) is 20.6. The van der Waals surface area contributed by atoms with Crippen molar-refractivity contribution in [2.75, 3.05) is 25.0 Å². The van der Waals surface area contributed by atoms with E-state index in [1.807, 2.05) is 66.4 Å². The minimum atomic E-state index is -0.130. The first-order valence-electron chi connectivity index (χ1n) is 10.0. The lowest BCUT2D eigenvalue weighted by atomic mass is 9.95. The highest BCUT2D eigenvalue weighted by atomic mass is 16.2. The third-order valence-electron chi connectivity index (χ3n) is 5.16. The molecule has 0 unspecified atom stereocenters. The van der Waals surface area contributed by atoms with Crippen LogP contribution in [-0.2, 0) is 9.59 Å². The molecule has 1 aliphatic heterocycles. The van der Waals surface area contributed by atoms with Gasteiger partial charge in [0, 0.05) is 43.2 Å². The predicted octanol–water partition coefficient (Wildman–Crippen LogP) is 2.99. The van der Waals surface area contributed by atoms with Crippen LogP contribution in [0.5, 0.6) is 0 Å². The van der Waals surface area contributed by atoms with Crippen LogP contribution in [0.15, 0.2) is 54.6 Å². The average Bonchev–Trinajstić information content (AvgIpc) is 2.74. The number of amides is 3. The Morgan fingerprint density at radius 3 is 2.28 bits per heavy atom. The molecule has 1 fully saturated rings. The molecule has 1 saturated heterocycles. The van der Waals surface area contributed by atoms with Gasteiger partial charge < -0.3 is 15.5 Å². The maximum Gasteiger partial charge on any atom is 0.253 e. The van der Waals surface area contributed by atoms with Gasteiger partial charge in [0.15, 0.2) is 0 Å². The summed E-state index contributed by atoms with van der Waals surface area (Å²) in [6.45, 7) is 3.43. The monoisotopic (exact) mass is 393 g/mol. The molecule has 1 heterocycles. The lowest BCUT2D eigenvalue weighted by Gasteiger charge is -2.31. The Labute approximate surface area is 171 Å². The van der Waals surface area contributed by atoms with Crippen molar-refractivity contribution < 1.29 is 14.4 Å². The van der Waals surface area contributed by atoms with E-state index in [0.29, 0.717) is 38.0 Å². The number of hydrogen-bond acceptors (Lipinski definition) is 3. The zero-order valence-corrected chi connectivity index (χ0v) is 16.7. The van der Waals surface area contributed by atoms with Crippen molar-refractivity contribution in [3.63, 3.8) is 0 Å². The Balaban J connectivity index is 1.38. The van der Waals surface area contributed by atoms with Crippen LogP contribution in [0, 0.1) is 12.8 Å². The van der Waals surface area contributed by atoms with Crippen LogP contribution >= 0.6 is 0 Å². The summed E-state index contributed by atoms with van der Waals surface area (Å²) >= 11 is 0. The third kappa shape index (κ3) is 5.91.